The topological polar surface area (TPSA) is 64.4 Å². The van der Waals surface area contributed by atoms with Crippen molar-refractivity contribution in [3.63, 3.8) is 0 Å². The second kappa shape index (κ2) is 7.73. The molecule has 0 radical (unpaired) electrons. The molecule has 3 N–H and O–H groups in total. The van der Waals surface area contributed by atoms with E-state index in [1.54, 1.807) is 12.1 Å². The van der Waals surface area contributed by atoms with Crippen LogP contribution in [-0.4, -0.2) is 25.2 Å². The van der Waals surface area contributed by atoms with E-state index in [0.29, 0.717) is 36.3 Å². The summed E-state index contributed by atoms with van der Waals surface area (Å²) in [6, 6.07) is 4.53. The van der Waals surface area contributed by atoms with Crippen LogP contribution in [0.5, 0.6) is 0 Å². The Morgan fingerprint density at radius 2 is 2.19 bits per heavy atom. The summed E-state index contributed by atoms with van der Waals surface area (Å²) in [6.07, 6.45) is 2.02. The lowest BCUT2D eigenvalue weighted by atomic mass is 9.89. The molecule has 1 atom stereocenters. The second-order valence-electron chi connectivity index (χ2n) is 5.34. The van der Waals surface area contributed by atoms with Crippen LogP contribution < -0.4 is 11.1 Å². The van der Waals surface area contributed by atoms with E-state index in [1.165, 1.54) is 6.07 Å². The molecule has 1 aliphatic rings. The van der Waals surface area contributed by atoms with Crippen LogP contribution in [0.3, 0.4) is 0 Å². The largest absolute Gasteiger partial charge is 0.381 e. The standard InChI is InChI=1S/C15H20ClFN2O2/c16-12-2-1-11(13(17)7-12)9-19-14(8-15(18)20)10-3-5-21-6-4-10/h1-2,7,10,14,19H,3-6,8-9H2,(H2,18,20)/t14-/m1/s1. The summed E-state index contributed by atoms with van der Waals surface area (Å²) < 4.78 is 19.1. The third-order valence-electron chi connectivity index (χ3n) is 3.83. The van der Waals surface area contributed by atoms with Gasteiger partial charge in [-0.05, 0) is 30.9 Å². The highest BCUT2D eigenvalue weighted by atomic mass is 35.5. The first-order valence-electron chi connectivity index (χ1n) is 7.09. The summed E-state index contributed by atoms with van der Waals surface area (Å²) >= 11 is 5.73. The Morgan fingerprint density at radius 1 is 1.48 bits per heavy atom. The van der Waals surface area contributed by atoms with Gasteiger partial charge in [-0.1, -0.05) is 17.7 Å². The first-order valence-corrected chi connectivity index (χ1v) is 7.47. The molecule has 6 heteroatoms. The monoisotopic (exact) mass is 314 g/mol. The minimum atomic E-state index is -0.351. The van der Waals surface area contributed by atoms with Gasteiger partial charge >= 0.3 is 0 Å². The number of carbonyl (C=O) groups excluding carboxylic acids is 1. The molecule has 1 saturated heterocycles. The molecule has 0 saturated carbocycles. The molecule has 0 spiro atoms. The Morgan fingerprint density at radius 3 is 2.81 bits per heavy atom. The number of hydrogen-bond acceptors (Lipinski definition) is 3. The van der Waals surface area contributed by atoms with E-state index >= 15 is 0 Å². The molecule has 0 unspecified atom stereocenters. The average molecular weight is 315 g/mol. The predicted molar refractivity (Wildman–Crippen MR) is 79.4 cm³/mol. The fraction of sp³-hybridized carbons (Fsp3) is 0.533. The second-order valence-corrected chi connectivity index (χ2v) is 5.78. The molecule has 0 bridgehead atoms. The molecular formula is C15H20ClFN2O2. The molecule has 0 aliphatic carbocycles. The van der Waals surface area contributed by atoms with Gasteiger partial charge in [0.05, 0.1) is 0 Å². The molecule has 1 aromatic rings. The van der Waals surface area contributed by atoms with Gasteiger partial charge in [0, 0.05) is 42.8 Å². The Kier molecular flexibility index (Phi) is 5.96. The van der Waals surface area contributed by atoms with Crippen molar-refractivity contribution < 1.29 is 13.9 Å². The van der Waals surface area contributed by atoms with E-state index in [2.05, 4.69) is 5.32 Å². The number of nitrogens with one attached hydrogen (secondary N) is 1. The van der Waals surface area contributed by atoms with E-state index in [4.69, 9.17) is 22.1 Å². The van der Waals surface area contributed by atoms with Crippen molar-refractivity contribution in [1.29, 1.82) is 0 Å². The summed E-state index contributed by atoms with van der Waals surface area (Å²) in [6.45, 7) is 1.73. The zero-order valence-electron chi connectivity index (χ0n) is 11.8. The van der Waals surface area contributed by atoms with Crippen molar-refractivity contribution in [1.82, 2.24) is 5.32 Å². The van der Waals surface area contributed by atoms with Crippen LogP contribution in [0, 0.1) is 11.7 Å². The lowest BCUT2D eigenvalue weighted by Gasteiger charge is -2.30. The number of halogens is 2. The summed E-state index contributed by atoms with van der Waals surface area (Å²) in [4.78, 5) is 11.2. The third-order valence-corrected chi connectivity index (χ3v) is 4.06. The molecule has 1 fully saturated rings. The maximum atomic E-state index is 13.8. The molecule has 1 aliphatic heterocycles. The zero-order chi connectivity index (χ0) is 15.2. The van der Waals surface area contributed by atoms with Crippen LogP contribution in [0.1, 0.15) is 24.8 Å². The van der Waals surface area contributed by atoms with Crippen LogP contribution in [0.4, 0.5) is 4.39 Å². The van der Waals surface area contributed by atoms with Crippen molar-refractivity contribution in [3.8, 4) is 0 Å². The van der Waals surface area contributed by atoms with E-state index in [-0.39, 0.29) is 24.2 Å². The maximum absolute atomic E-state index is 13.8. The normalized spacial score (nSPS) is 17.6. The van der Waals surface area contributed by atoms with Gasteiger partial charge in [0.15, 0.2) is 0 Å². The van der Waals surface area contributed by atoms with Gasteiger partial charge in [0.2, 0.25) is 5.91 Å². The highest BCUT2D eigenvalue weighted by molar-refractivity contribution is 6.30. The van der Waals surface area contributed by atoms with Crippen molar-refractivity contribution in [3.05, 3.63) is 34.6 Å². The van der Waals surface area contributed by atoms with Crippen LogP contribution in [-0.2, 0) is 16.1 Å². The number of amides is 1. The Bertz CT molecular complexity index is 493. The molecule has 2 rings (SSSR count). The van der Waals surface area contributed by atoms with Crippen molar-refractivity contribution in [2.45, 2.75) is 31.8 Å². The van der Waals surface area contributed by atoms with Crippen LogP contribution in [0.2, 0.25) is 5.02 Å². The SMILES string of the molecule is NC(=O)C[C@@H](NCc1ccc(Cl)cc1F)C1CCOCC1. The Hall–Kier alpha value is -1.17. The Balaban J connectivity index is 1.98. The van der Waals surface area contributed by atoms with Gasteiger partial charge in [-0.25, -0.2) is 4.39 Å². The number of hydrogen-bond donors (Lipinski definition) is 2. The molecule has 21 heavy (non-hydrogen) atoms. The van der Waals surface area contributed by atoms with Gasteiger partial charge in [-0.15, -0.1) is 0 Å². The molecular weight excluding hydrogens is 295 g/mol. The summed E-state index contributed by atoms with van der Waals surface area (Å²) in [5.74, 6) is -0.378. The number of primary amides is 1. The molecule has 1 heterocycles. The lowest BCUT2D eigenvalue weighted by Crippen LogP contribution is -2.41. The number of benzene rings is 1. The first kappa shape index (κ1) is 16.2. The highest BCUT2D eigenvalue weighted by Crippen LogP contribution is 2.22. The Labute approximate surface area is 128 Å². The van der Waals surface area contributed by atoms with Gasteiger partial charge in [-0.2, -0.15) is 0 Å². The molecule has 1 aromatic carbocycles. The molecule has 116 valence electrons. The number of ether oxygens (including phenoxy) is 1. The fourth-order valence-electron chi connectivity index (χ4n) is 2.65. The van der Waals surface area contributed by atoms with Crippen molar-refractivity contribution >= 4 is 17.5 Å². The van der Waals surface area contributed by atoms with Gasteiger partial charge in [-0.3, -0.25) is 4.79 Å². The molecule has 1 amide bonds. The van der Waals surface area contributed by atoms with E-state index < -0.39 is 0 Å². The van der Waals surface area contributed by atoms with E-state index in [9.17, 15) is 9.18 Å². The zero-order valence-corrected chi connectivity index (χ0v) is 12.5. The first-order chi connectivity index (χ1) is 10.1. The fourth-order valence-corrected chi connectivity index (χ4v) is 2.81. The summed E-state index contributed by atoms with van der Waals surface area (Å²) in [5, 5.41) is 3.63. The van der Waals surface area contributed by atoms with Gasteiger partial charge in [0.1, 0.15) is 5.82 Å². The summed E-state index contributed by atoms with van der Waals surface area (Å²) in [5.41, 5.74) is 5.85. The smallest absolute Gasteiger partial charge is 0.218 e. The predicted octanol–water partition coefficient (Wildman–Crippen LogP) is 2.24. The third kappa shape index (κ3) is 4.95. The van der Waals surface area contributed by atoms with Crippen molar-refractivity contribution in [2.24, 2.45) is 11.7 Å². The number of carbonyl (C=O) groups is 1. The number of nitrogens with two attached hydrogens (primary N) is 1. The quantitative estimate of drug-likeness (QED) is 0.846. The average Bonchev–Trinajstić information content (AvgIpc) is 2.45. The van der Waals surface area contributed by atoms with Crippen molar-refractivity contribution in [2.75, 3.05) is 13.2 Å². The highest BCUT2D eigenvalue weighted by Gasteiger charge is 2.25. The molecule has 0 aromatic heterocycles. The summed E-state index contributed by atoms with van der Waals surface area (Å²) in [7, 11) is 0. The van der Waals surface area contributed by atoms with E-state index in [0.717, 1.165) is 12.8 Å². The molecule has 4 nitrogen and oxygen atoms in total. The maximum Gasteiger partial charge on any atom is 0.218 e. The van der Waals surface area contributed by atoms with Gasteiger partial charge < -0.3 is 15.8 Å². The van der Waals surface area contributed by atoms with Crippen LogP contribution >= 0.6 is 11.6 Å². The lowest BCUT2D eigenvalue weighted by molar-refractivity contribution is -0.119. The van der Waals surface area contributed by atoms with E-state index in [1.807, 2.05) is 0 Å². The van der Waals surface area contributed by atoms with Gasteiger partial charge in [0.25, 0.3) is 0 Å². The minimum absolute atomic E-state index is 0.0542. The minimum Gasteiger partial charge on any atom is -0.381 e. The van der Waals surface area contributed by atoms with Crippen LogP contribution in [0.15, 0.2) is 18.2 Å². The van der Waals surface area contributed by atoms with Crippen LogP contribution in [0.25, 0.3) is 0 Å². The number of rotatable bonds is 6.